The highest BCUT2D eigenvalue weighted by Gasteiger charge is 2.45. The lowest BCUT2D eigenvalue weighted by Crippen LogP contribution is -2.31. The summed E-state index contributed by atoms with van der Waals surface area (Å²) in [5.74, 6) is -2.50. The SMILES string of the molecule is COc1cc(Cl)cc2cc(C(=O)C3=C(O)C(=O)N(c4ccc(F)cc4)C3c3cccnc3)oc12. The van der Waals surface area contributed by atoms with Crippen LogP contribution in [0, 0.1) is 5.82 Å². The van der Waals surface area contributed by atoms with Gasteiger partial charge < -0.3 is 14.3 Å². The zero-order valence-corrected chi connectivity index (χ0v) is 18.4. The number of hydrogen-bond donors (Lipinski definition) is 1. The maximum absolute atomic E-state index is 13.6. The number of carbonyl (C=O) groups is 2. The number of aliphatic hydroxyl groups is 1. The summed E-state index contributed by atoms with van der Waals surface area (Å²) in [6.07, 6.45) is 3.03. The van der Waals surface area contributed by atoms with Gasteiger partial charge in [0.05, 0.1) is 18.7 Å². The smallest absolute Gasteiger partial charge is 0.294 e. The van der Waals surface area contributed by atoms with Crippen molar-refractivity contribution in [2.45, 2.75) is 6.04 Å². The molecule has 1 atom stereocenters. The van der Waals surface area contributed by atoms with Gasteiger partial charge >= 0.3 is 0 Å². The van der Waals surface area contributed by atoms with Crippen LogP contribution >= 0.6 is 11.6 Å². The van der Waals surface area contributed by atoms with E-state index in [9.17, 15) is 19.1 Å². The molecule has 0 aliphatic carbocycles. The second-order valence-corrected chi connectivity index (χ2v) is 8.01. The van der Waals surface area contributed by atoms with Gasteiger partial charge in [0, 0.05) is 34.6 Å². The van der Waals surface area contributed by atoms with E-state index in [1.807, 2.05) is 0 Å². The Bertz CT molecular complexity index is 1460. The Hall–Kier alpha value is -4.17. The van der Waals surface area contributed by atoms with E-state index in [0.29, 0.717) is 33.0 Å². The van der Waals surface area contributed by atoms with Crippen LogP contribution in [0.3, 0.4) is 0 Å². The molecule has 1 aliphatic heterocycles. The Kier molecular flexibility index (Phi) is 5.30. The Morgan fingerprint density at radius 1 is 1.21 bits per heavy atom. The maximum atomic E-state index is 13.6. The molecule has 2 aromatic heterocycles. The average Bonchev–Trinajstić information content (AvgIpc) is 3.38. The molecule has 0 bridgehead atoms. The molecule has 34 heavy (non-hydrogen) atoms. The van der Waals surface area contributed by atoms with Crippen LogP contribution in [0.25, 0.3) is 11.0 Å². The van der Waals surface area contributed by atoms with Crippen LogP contribution in [0.5, 0.6) is 5.75 Å². The first-order valence-electron chi connectivity index (χ1n) is 10.1. The standard InChI is InChI=1S/C25H16ClFN2O5/c1-33-19-11-15(26)9-14-10-18(34-24(14)19)22(30)20-21(13-3-2-8-28-12-13)29(25(32)23(20)31)17-6-4-16(27)5-7-17/h2-12,21,31H,1H3. The van der Waals surface area contributed by atoms with E-state index in [1.54, 1.807) is 30.5 Å². The van der Waals surface area contributed by atoms with Crippen LogP contribution in [-0.2, 0) is 4.79 Å². The first kappa shape index (κ1) is 21.7. The van der Waals surface area contributed by atoms with Crippen LogP contribution in [0.2, 0.25) is 5.02 Å². The summed E-state index contributed by atoms with van der Waals surface area (Å²) in [7, 11) is 1.44. The van der Waals surface area contributed by atoms with Crippen LogP contribution in [0.4, 0.5) is 10.1 Å². The van der Waals surface area contributed by atoms with Crippen molar-refractivity contribution >= 4 is 39.9 Å². The lowest BCUT2D eigenvalue weighted by Gasteiger charge is -2.26. The Morgan fingerprint density at radius 2 is 1.97 bits per heavy atom. The first-order valence-corrected chi connectivity index (χ1v) is 10.5. The number of rotatable bonds is 5. The molecule has 0 spiro atoms. The summed E-state index contributed by atoms with van der Waals surface area (Å²) in [5.41, 5.74) is 0.886. The monoisotopic (exact) mass is 478 g/mol. The summed E-state index contributed by atoms with van der Waals surface area (Å²) in [6, 6.07) is 12.1. The molecule has 1 unspecified atom stereocenters. The zero-order chi connectivity index (χ0) is 24.0. The topological polar surface area (TPSA) is 92.9 Å². The van der Waals surface area contributed by atoms with E-state index in [1.165, 1.54) is 48.5 Å². The number of halogens is 2. The largest absolute Gasteiger partial charge is 0.503 e. The van der Waals surface area contributed by atoms with Crippen molar-refractivity contribution in [3.05, 3.63) is 100 Å². The Morgan fingerprint density at radius 3 is 2.65 bits per heavy atom. The normalized spacial score (nSPS) is 15.9. The molecule has 1 aliphatic rings. The molecule has 1 N–H and O–H groups in total. The quantitative estimate of drug-likeness (QED) is 0.385. The number of methoxy groups -OCH3 is 1. The molecule has 7 nitrogen and oxygen atoms in total. The first-order chi connectivity index (χ1) is 16.4. The molecule has 9 heteroatoms. The number of ketones is 1. The van der Waals surface area contributed by atoms with Gasteiger partial charge in [-0.25, -0.2) is 4.39 Å². The van der Waals surface area contributed by atoms with Crippen molar-refractivity contribution in [1.29, 1.82) is 0 Å². The fraction of sp³-hybridized carbons (Fsp3) is 0.0800. The predicted octanol–water partition coefficient (Wildman–Crippen LogP) is 5.41. The highest BCUT2D eigenvalue weighted by atomic mass is 35.5. The number of hydrogen-bond acceptors (Lipinski definition) is 6. The van der Waals surface area contributed by atoms with Gasteiger partial charge in [-0.2, -0.15) is 0 Å². The van der Waals surface area contributed by atoms with E-state index in [4.69, 9.17) is 20.8 Å². The molecule has 0 saturated carbocycles. The number of carbonyl (C=O) groups excluding carboxylic acids is 2. The minimum absolute atomic E-state index is 0.111. The minimum Gasteiger partial charge on any atom is -0.503 e. The van der Waals surface area contributed by atoms with E-state index < -0.39 is 29.3 Å². The van der Waals surface area contributed by atoms with E-state index >= 15 is 0 Å². The van der Waals surface area contributed by atoms with Gasteiger partial charge in [-0.1, -0.05) is 17.7 Å². The highest BCUT2D eigenvalue weighted by Crippen LogP contribution is 2.42. The third-order valence-corrected chi connectivity index (χ3v) is 5.77. The zero-order valence-electron chi connectivity index (χ0n) is 17.7. The number of benzene rings is 2. The summed E-state index contributed by atoms with van der Waals surface area (Å²) in [4.78, 5) is 32.1. The summed E-state index contributed by atoms with van der Waals surface area (Å²) < 4.78 is 24.6. The van der Waals surface area contributed by atoms with Crippen LogP contribution in [0.15, 0.2) is 82.7 Å². The van der Waals surface area contributed by atoms with E-state index in [0.717, 1.165) is 0 Å². The maximum Gasteiger partial charge on any atom is 0.294 e. The van der Waals surface area contributed by atoms with Gasteiger partial charge in [0.2, 0.25) is 5.78 Å². The molecular weight excluding hydrogens is 463 g/mol. The second kappa shape index (κ2) is 8.31. The number of furan rings is 1. The van der Waals surface area contributed by atoms with Crippen molar-refractivity contribution in [3.63, 3.8) is 0 Å². The summed E-state index contributed by atoms with van der Waals surface area (Å²) in [6.45, 7) is 0. The minimum atomic E-state index is -1.02. The summed E-state index contributed by atoms with van der Waals surface area (Å²) in [5, 5.41) is 11.7. The highest BCUT2D eigenvalue weighted by molar-refractivity contribution is 6.31. The lowest BCUT2D eigenvalue weighted by molar-refractivity contribution is -0.117. The molecule has 1 amide bonds. The Labute approximate surface area is 197 Å². The second-order valence-electron chi connectivity index (χ2n) is 7.57. The fourth-order valence-electron chi connectivity index (χ4n) is 4.04. The number of pyridine rings is 1. The predicted molar refractivity (Wildman–Crippen MR) is 123 cm³/mol. The van der Waals surface area contributed by atoms with Gasteiger partial charge in [0.1, 0.15) is 5.82 Å². The van der Waals surface area contributed by atoms with Crippen LogP contribution in [-0.4, -0.2) is 28.9 Å². The molecule has 170 valence electrons. The number of Topliss-reactive ketones (excluding diaryl/α,β-unsaturated/α-hetero) is 1. The molecule has 5 rings (SSSR count). The molecule has 4 aromatic rings. The average molecular weight is 479 g/mol. The van der Waals surface area contributed by atoms with Gasteiger partial charge in [-0.05, 0) is 48.0 Å². The van der Waals surface area contributed by atoms with E-state index in [-0.39, 0.29) is 11.3 Å². The molecule has 0 fully saturated rings. The Balaban J connectivity index is 1.65. The number of aliphatic hydroxyl groups excluding tert-OH is 1. The molecule has 0 radical (unpaired) electrons. The van der Waals surface area contributed by atoms with Gasteiger partial charge in [-0.15, -0.1) is 0 Å². The van der Waals surface area contributed by atoms with E-state index in [2.05, 4.69) is 4.98 Å². The number of aromatic nitrogens is 1. The lowest BCUT2D eigenvalue weighted by atomic mass is 9.96. The number of anilines is 1. The van der Waals surface area contributed by atoms with Gasteiger partial charge in [0.15, 0.2) is 22.9 Å². The van der Waals surface area contributed by atoms with Crippen molar-refractivity contribution in [3.8, 4) is 5.75 Å². The van der Waals surface area contributed by atoms with Crippen molar-refractivity contribution in [2.75, 3.05) is 12.0 Å². The number of nitrogens with zero attached hydrogens (tertiary/aromatic N) is 2. The van der Waals surface area contributed by atoms with Crippen molar-refractivity contribution < 1.29 is 28.2 Å². The van der Waals surface area contributed by atoms with Crippen molar-refractivity contribution in [2.24, 2.45) is 0 Å². The molecule has 2 aromatic carbocycles. The van der Waals surface area contributed by atoms with Gasteiger partial charge in [0.25, 0.3) is 5.91 Å². The summed E-state index contributed by atoms with van der Waals surface area (Å²) >= 11 is 6.12. The number of ether oxygens (including phenoxy) is 1. The molecular formula is C25H16ClFN2O5. The third-order valence-electron chi connectivity index (χ3n) is 5.55. The molecule has 3 heterocycles. The van der Waals surface area contributed by atoms with Crippen molar-refractivity contribution in [1.82, 2.24) is 4.98 Å². The fourth-order valence-corrected chi connectivity index (χ4v) is 4.26. The third kappa shape index (κ3) is 3.48. The molecule has 0 saturated heterocycles. The van der Waals surface area contributed by atoms with Crippen LogP contribution < -0.4 is 9.64 Å². The number of amides is 1. The van der Waals surface area contributed by atoms with Crippen LogP contribution in [0.1, 0.15) is 22.2 Å². The number of fused-ring (bicyclic) bond motifs is 1. The van der Waals surface area contributed by atoms with Gasteiger partial charge in [-0.3, -0.25) is 19.5 Å².